The first-order chi connectivity index (χ1) is 9.06. The lowest BCUT2D eigenvalue weighted by atomic mass is 10.2. The molecule has 0 bridgehead atoms. The van der Waals surface area contributed by atoms with Gasteiger partial charge in [-0.05, 0) is 19.1 Å². The second-order valence-corrected chi connectivity index (χ2v) is 4.01. The fourth-order valence-corrected chi connectivity index (χ4v) is 1.76. The van der Waals surface area contributed by atoms with Crippen molar-refractivity contribution < 1.29 is 9.47 Å². The Morgan fingerprint density at radius 1 is 1.37 bits per heavy atom. The van der Waals surface area contributed by atoms with Crippen molar-refractivity contribution in [3.63, 3.8) is 0 Å². The Hall–Kier alpha value is -2.68. The smallest absolute Gasteiger partial charge is 0.236 e. The predicted octanol–water partition coefficient (Wildman–Crippen LogP) is 1.98. The van der Waals surface area contributed by atoms with Crippen LogP contribution in [-0.4, -0.2) is 16.9 Å². The lowest BCUT2D eigenvalue weighted by Gasteiger charge is -2.11. The predicted molar refractivity (Wildman–Crippen MR) is 70.1 cm³/mol. The number of benzene rings is 1. The number of hydrogen-bond acceptors (Lipinski definition) is 5. The van der Waals surface area contributed by atoms with Crippen LogP contribution in [-0.2, 0) is 7.05 Å². The Morgan fingerprint density at radius 3 is 2.74 bits per heavy atom. The van der Waals surface area contributed by atoms with Gasteiger partial charge in [0.25, 0.3) is 0 Å². The summed E-state index contributed by atoms with van der Waals surface area (Å²) in [6.45, 7) is 1.75. The number of ether oxygens (including phenoxy) is 2. The van der Waals surface area contributed by atoms with Gasteiger partial charge in [-0.25, -0.2) is 4.68 Å². The van der Waals surface area contributed by atoms with Gasteiger partial charge in [0.05, 0.1) is 12.8 Å². The van der Waals surface area contributed by atoms with E-state index in [9.17, 15) is 0 Å². The molecule has 6 heteroatoms. The summed E-state index contributed by atoms with van der Waals surface area (Å²) in [5.41, 5.74) is 7.29. The van der Waals surface area contributed by atoms with E-state index in [0.717, 1.165) is 0 Å². The molecule has 0 unspecified atom stereocenters. The van der Waals surface area contributed by atoms with Crippen LogP contribution in [0.5, 0.6) is 17.4 Å². The molecule has 2 aromatic rings. The van der Waals surface area contributed by atoms with Crippen molar-refractivity contribution in [1.82, 2.24) is 9.78 Å². The van der Waals surface area contributed by atoms with Crippen molar-refractivity contribution in [1.29, 1.82) is 5.26 Å². The van der Waals surface area contributed by atoms with Gasteiger partial charge in [0.15, 0.2) is 11.5 Å². The number of aryl methyl sites for hydroxylation is 2. The molecule has 2 N–H and O–H groups in total. The Balaban J connectivity index is 2.47. The number of methoxy groups -OCH3 is 1. The van der Waals surface area contributed by atoms with E-state index >= 15 is 0 Å². The molecule has 1 aromatic carbocycles. The van der Waals surface area contributed by atoms with Crippen LogP contribution in [0.15, 0.2) is 18.2 Å². The number of nitrogens with two attached hydrogens (primary N) is 1. The molecule has 0 saturated heterocycles. The molecule has 0 aliphatic carbocycles. The monoisotopic (exact) mass is 258 g/mol. The summed E-state index contributed by atoms with van der Waals surface area (Å²) in [7, 11) is 3.25. The fraction of sp³-hybridized carbons (Fsp3) is 0.231. The molecule has 19 heavy (non-hydrogen) atoms. The number of nitrogen functional groups attached to an aromatic ring is 1. The van der Waals surface area contributed by atoms with Crippen LogP contribution in [0.2, 0.25) is 0 Å². The minimum absolute atomic E-state index is 0.365. The van der Waals surface area contributed by atoms with Crippen molar-refractivity contribution in [3.05, 3.63) is 29.5 Å². The molecule has 0 radical (unpaired) electrons. The second kappa shape index (κ2) is 4.90. The second-order valence-electron chi connectivity index (χ2n) is 4.01. The first kappa shape index (κ1) is 12.8. The molecule has 0 spiro atoms. The number of aromatic nitrogens is 2. The molecule has 6 nitrogen and oxygen atoms in total. The van der Waals surface area contributed by atoms with Gasteiger partial charge in [0, 0.05) is 18.8 Å². The highest BCUT2D eigenvalue weighted by molar-refractivity contribution is 5.54. The lowest BCUT2D eigenvalue weighted by molar-refractivity contribution is 0.365. The van der Waals surface area contributed by atoms with Gasteiger partial charge in [-0.3, -0.25) is 0 Å². The van der Waals surface area contributed by atoms with Crippen LogP contribution in [0.4, 0.5) is 5.69 Å². The summed E-state index contributed by atoms with van der Waals surface area (Å²) >= 11 is 0. The van der Waals surface area contributed by atoms with E-state index in [-0.39, 0.29) is 0 Å². The quantitative estimate of drug-likeness (QED) is 0.851. The number of hydrogen-bond donors (Lipinski definition) is 1. The molecule has 0 amide bonds. The highest BCUT2D eigenvalue weighted by atomic mass is 16.5. The van der Waals surface area contributed by atoms with Crippen molar-refractivity contribution in [2.75, 3.05) is 12.8 Å². The van der Waals surface area contributed by atoms with E-state index < -0.39 is 0 Å². The zero-order chi connectivity index (χ0) is 14.0. The van der Waals surface area contributed by atoms with E-state index in [4.69, 9.17) is 20.5 Å². The van der Waals surface area contributed by atoms with Gasteiger partial charge in [0.2, 0.25) is 5.88 Å². The third kappa shape index (κ3) is 2.31. The SMILES string of the molecule is COc1ccc(N)cc1Oc1c(C#N)c(C)nn1C. The van der Waals surface area contributed by atoms with E-state index in [2.05, 4.69) is 11.2 Å². The van der Waals surface area contributed by atoms with Gasteiger partial charge in [0.1, 0.15) is 11.6 Å². The van der Waals surface area contributed by atoms with E-state index in [1.165, 1.54) is 11.8 Å². The van der Waals surface area contributed by atoms with Gasteiger partial charge in [-0.2, -0.15) is 10.4 Å². The summed E-state index contributed by atoms with van der Waals surface area (Å²) in [4.78, 5) is 0. The van der Waals surface area contributed by atoms with Crippen LogP contribution >= 0.6 is 0 Å². The third-order valence-corrected chi connectivity index (χ3v) is 2.68. The molecule has 98 valence electrons. The summed E-state index contributed by atoms with van der Waals surface area (Å²) < 4.78 is 12.4. The number of anilines is 1. The number of nitrogens with zero attached hydrogens (tertiary/aromatic N) is 3. The average molecular weight is 258 g/mol. The van der Waals surface area contributed by atoms with Crippen molar-refractivity contribution in [3.8, 4) is 23.4 Å². The van der Waals surface area contributed by atoms with Crippen LogP contribution in [0, 0.1) is 18.3 Å². The maximum absolute atomic E-state index is 9.13. The Morgan fingerprint density at radius 2 is 2.11 bits per heavy atom. The Labute approximate surface area is 111 Å². The molecule has 0 atom stereocenters. The normalized spacial score (nSPS) is 10.0. The highest BCUT2D eigenvalue weighted by Gasteiger charge is 2.17. The first-order valence-corrected chi connectivity index (χ1v) is 5.62. The molecule has 0 aliphatic heterocycles. The van der Waals surface area contributed by atoms with E-state index in [0.29, 0.717) is 34.3 Å². The molecule has 1 aromatic heterocycles. The van der Waals surface area contributed by atoms with Crippen molar-refractivity contribution in [2.24, 2.45) is 7.05 Å². The summed E-state index contributed by atoms with van der Waals surface area (Å²) in [5, 5.41) is 13.3. The minimum Gasteiger partial charge on any atom is -0.493 e. The highest BCUT2D eigenvalue weighted by Crippen LogP contribution is 2.34. The van der Waals surface area contributed by atoms with Crippen molar-refractivity contribution >= 4 is 5.69 Å². The first-order valence-electron chi connectivity index (χ1n) is 5.62. The lowest BCUT2D eigenvalue weighted by Crippen LogP contribution is -1.98. The Kier molecular flexibility index (Phi) is 3.29. The van der Waals surface area contributed by atoms with Gasteiger partial charge in [-0.15, -0.1) is 0 Å². The fourth-order valence-electron chi connectivity index (χ4n) is 1.76. The zero-order valence-corrected chi connectivity index (χ0v) is 11.0. The van der Waals surface area contributed by atoms with Gasteiger partial charge in [-0.1, -0.05) is 0 Å². The molecule has 0 saturated carbocycles. The van der Waals surface area contributed by atoms with Crippen LogP contribution in [0.25, 0.3) is 0 Å². The summed E-state index contributed by atoms with van der Waals surface area (Å²) in [6, 6.07) is 7.14. The zero-order valence-electron chi connectivity index (χ0n) is 11.0. The molecular weight excluding hydrogens is 244 g/mol. The maximum Gasteiger partial charge on any atom is 0.236 e. The van der Waals surface area contributed by atoms with Crippen LogP contribution in [0.3, 0.4) is 0 Å². The largest absolute Gasteiger partial charge is 0.493 e. The summed E-state index contributed by atoms with van der Waals surface area (Å²) in [5.74, 6) is 1.35. The van der Waals surface area contributed by atoms with Crippen molar-refractivity contribution in [2.45, 2.75) is 6.92 Å². The minimum atomic E-state index is 0.365. The Bertz CT molecular complexity index is 655. The van der Waals surface area contributed by atoms with Gasteiger partial charge < -0.3 is 15.2 Å². The number of rotatable bonds is 3. The average Bonchev–Trinajstić information content (AvgIpc) is 2.64. The molecule has 0 fully saturated rings. The molecule has 2 rings (SSSR count). The van der Waals surface area contributed by atoms with Crippen LogP contribution < -0.4 is 15.2 Å². The molecule has 1 heterocycles. The molecular formula is C13H14N4O2. The summed E-state index contributed by atoms with van der Waals surface area (Å²) in [6.07, 6.45) is 0. The van der Waals surface area contributed by atoms with E-state index in [1.807, 2.05) is 0 Å². The van der Waals surface area contributed by atoms with E-state index in [1.54, 1.807) is 32.2 Å². The third-order valence-electron chi connectivity index (χ3n) is 2.68. The van der Waals surface area contributed by atoms with Crippen LogP contribution in [0.1, 0.15) is 11.3 Å². The maximum atomic E-state index is 9.13. The van der Waals surface area contributed by atoms with Gasteiger partial charge >= 0.3 is 0 Å². The topological polar surface area (TPSA) is 86.1 Å². The number of nitriles is 1. The molecule has 0 aliphatic rings. The standard InChI is InChI=1S/C13H14N4O2/c1-8-10(7-14)13(17(2)16-8)19-12-6-9(15)4-5-11(12)18-3/h4-6H,15H2,1-3H3.